The van der Waals surface area contributed by atoms with Gasteiger partial charge in [-0.3, -0.25) is 10.1 Å². The maximum Gasteiger partial charge on any atom is 0.296 e. The number of nitro benzene ring substituents is 1. The molecule has 0 radical (unpaired) electrons. The first-order valence-corrected chi connectivity index (χ1v) is 5.91. The number of anilines is 1. The molecule has 0 aliphatic carbocycles. The second-order valence-electron chi connectivity index (χ2n) is 4.16. The third-order valence-corrected chi connectivity index (χ3v) is 2.87. The Kier molecular flexibility index (Phi) is 5.73. The molecule has 10 nitrogen and oxygen atoms in total. The van der Waals surface area contributed by atoms with Crippen LogP contribution in [0, 0.1) is 10.1 Å². The number of azide groups is 1. The first-order chi connectivity index (χ1) is 9.92. The predicted molar refractivity (Wildman–Crippen MR) is 73.7 cm³/mol. The first-order valence-electron chi connectivity index (χ1n) is 5.91. The summed E-state index contributed by atoms with van der Waals surface area (Å²) in [6.07, 6.45) is -2.77. The summed E-state index contributed by atoms with van der Waals surface area (Å²) >= 11 is 0. The molecule has 0 spiro atoms. The molecule has 10 heteroatoms. The summed E-state index contributed by atoms with van der Waals surface area (Å²) in [6, 6.07) is 2.43. The summed E-state index contributed by atoms with van der Waals surface area (Å²) in [6.45, 7) is -0.0271. The van der Waals surface area contributed by atoms with E-state index in [1.54, 1.807) is 0 Å². The molecule has 21 heavy (non-hydrogen) atoms. The van der Waals surface area contributed by atoms with Crippen molar-refractivity contribution in [2.45, 2.75) is 18.6 Å². The summed E-state index contributed by atoms with van der Waals surface area (Å²) < 4.78 is 4.91. The molecule has 1 aromatic carbocycles. The summed E-state index contributed by atoms with van der Waals surface area (Å²) in [4.78, 5) is 12.7. The van der Waals surface area contributed by atoms with Crippen molar-refractivity contribution in [2.24, 2.45) is 5.11 Å². The highest BCUT2D eigenvalue weighted by atomic mass is 16.6. The molecule has 0 bridgehead atoms. The lowest BCUT2D eigenvalue weighted by atomic mass is 9.99. The van der Waals surface area contributed by atoms with Crippen LogP contribution in [0.5, 0.6) is 5.75 Å². The number of aliphatic hydroxyl groups excluding tert-OH is 2. The number of methoxy groups -OCH3 is 1. The lowest BCUT2D eigenvalue weighted by Gasteiger charge is -2.19. The molecule has 0 aliphatic heterocycles. The van der Waals surface area contributed by atoms with Crippen LogP contribution in [-0.2, 0) is 0 Å². The van der Waals surface area contributed by atoms with Gasteiger partial charge in [-0.2, -0.15) is 0 Å². The van der Waals surface area contributed by atoms with E-state index in [-0.39, 0.29) is 30.0 Å². The Labute approximate surface area is 119 Å². The van der Waals surface area contributed by atoms with E-state index in [1.165, 1.54) is 13.2 Å². The summed E-state index contributed by atoms with van der Waals surface area (Å²) in [5, 5.41) is 34.0. The van der Waals surface area contributed by atoms with Crippen LogP contribution in [0.1, 0.15) is 18.1 Å². The zero-order valence-corrected chi connectivity index (χ0v) is 11.2. The number of hydrogen-bond donors (Lipinski definition) is 3. The fourth-order valence-electron chi connectivity index (χ4n) is 1.75. The Hall–Kier alpha value is -2.55. The van der Waals surface area contributed by atoms with E-state index >= 15 is 0 Å². The van der Waals surface area contributed by atoms with Crippen LogP contribution in [0.2, 0.25) is 0 Å². The number of benzene rings is 1. The average molecular weight is 297 g/mol. The minimum atomic E-state index is -1.47. The minimum Gasteiger partial charge on any atom is -0.496 e. The molecule has 0 aromatic heterocycles. The van der Waals surface area contributed by atoms with E-state index in [9.17, 15) is 20.3 Å². The number of hydrogen-bond acceptors (Lipinski definition) is 7. The van der Waals surface area contributed by atoms with Gasteiger partial charge in [-0.15, -0.1) is 0 Å². The van der Waals surface area contributed by atoms with Gasteiger partial charge in [0, 0.05) is 17.0 Å². The molecule has 0 aliphatic rings. The molecular formula is C11H15N5O5. The monoisotopic (exact) mass is 297 g/mol. The Morgan fingerprint density at radius 3 is 2.76 bits per heavy atom. The van der Waals surface area contributed by atoms with Gasteiger partial charge in [0.2, 0.25) is 0 Å². The van der Waals surface area contributed by atoms with Crippen molar-refractivity contribution < 1.29 is 19.9 Å². The van der Waals surface area contributed by atoms with Crippen LogP contribution >= 0.6 is 0 Å². The van der Waals surface area contributed by atoms with Crippen molar-refractivity contribution in [1.29, 1.82) is 0 Å². The van der Waals surface area contributed by atoms with Gasteiger partial charge in [0.15, 0.2) is 0 Å². The van der Waals surface area contributed by atoms with Crippen molar-refractivity contribution in [1.82, 2.24) is 0 Å². The number of nitrogen functional groups attached to an aromatic ring is 1. The van der Waals surface area contributed by atoms with Crippen molar-refractivity contribution in [3.8, 4) is 5.75 Å². The molecule has 114 valence electrons. The third kappa shape index (κ3) is 3.96. The summed E-state index contributed by atoms with van der Waals surface area (Å²) in [5.74, 6) is 0.132. The molecule has 0 saturated heterocycles. The van der Waals surface area contributed by atoms with E-state index in [1.807, 2.05) is 0 Å². The van der Waals surface area contributed by atoms with E-state index in [0.717, 1.165) is 6.07 Å². The molecule has 4 N–H and O–H groups in total. The number of ether oxygens (including phenoxy) is 1. The molecule has 0 fully saturated rings. The Morgan fingerprint density at radius 1 is 1.57 bits per heavy atom. The fourth-order valence-corrected chi connectivity index (χ4v) is 1.75. The van der Waals surface area contributed by atoms with Crippen molar-refractivity contribution in [3.63, 3.8) is 0 Å². The predicted octanol–water partition coefficient (Wildman–Crippen LogP) is 1.28. The Bertz CT molecular complexity index is 572. The number of rotatable bonds is 7. The molecule has 2 atom stereocenters. The lowest BCUT2D eigenvalue weighted by Crippen LogP contribution is -2.20. The van der Waals surface area contributed by atoms with Crippen LogP contribution in [0.15, 0.2) is 17.2 Å². The molecule has 0 amide bonds. The normalized spacial score (nSPS) is 13.1. The van der Waals surface area contributed by atoms with E-state index in [4.69, 9.17) is 16.0 Å². The summed E-state index contributed by atoms with van der Waals surface area (Å²) in [7, 11) is 1.31. The highest BCUT2D eigenvalue weighted by molar-refractivity contribution is 5.66. The van der Waals surface area contributed by atoms with Gasteiger partial charge in [0.25, 0.3) is 5.69 Å². The zero-order valence-electron chi connectivity index (χ0n) is 11.2. The lowest BCUT2D eigenvalue weighted by molar-refractivity contribution is -0.384. The topological polar surface area (TPSA) is 168 Å². The minimum absolute atomic E-state index is 0.0182. The van der Waals surface area contributed by atoms with Crippen LogP contribution < -0.4 is 10.5 Å². The Morgan fingerprint density at radius 2 is 2.24 bits per heavy atom. The number of nitro groups is 1. The first kappa shape index (κ1) is 16.5. The van der Waals surface area contributed by atoms with Gasteiger partial charge >= 0.3 is 0 Å². The summed E-state index contributed by atoms with van der Waals surface area (Å²) in [5.41, 5.74) is 13.1. The molecule has 1 aromatic rings. The van der Waals surface area contributed by atoms with Crippen LogP contribution in [0.25, 0.3) is 10.4 Å². The molecule has 2 unspecified atom stereocenters. The molecule has 0 saturated carbocycles. The quantitative estimate of drug-likeness (QED) is 0.171. The van der Waals surface area contributed by atoms with Crippen molar-refractivity contribution >= 4 is 11.4 Å². The Balaban J connectivity index is 3.12. The van der Waals surface area contributed by atoms with Crippen LogP contribution in [0.3, 0.4) is 0 Å². The number of aliphatic hydroxyl groups is 2. The van der Waals surface area contributed by atoms with Gasteiger partial charge in [0.05, 0.1) is 24.2 Å². The van der Waals surface area contributed by atoms with E-state index in [0.29, 0.717) is 0 Å². The van der Waals surface area contributed by atoms with Crippen LogP contribution in [0.4, 0.5) is 11.4 Å². The third-order valence-electron chi connectivity index (χ3n) is 2.87. The number of nitrogens with zero attached hydrogens (tertiary/aromatic N) is 4. The van der Waals surface area contributed by atoms with Crippen LogP contribution in [-0.4, -0.2) is 34.9 Å². The molecular weight excluding hydrogens is 282 g/mol. The van der Waals surface area contributed by atoms with Gasteiger partial charge in [0.1, 0.15) is 17.5 Å². The van der Waals surface area contributed by atoms with Crippen molar-refractivity contribution in [3.05, 3.63) is 38.3 Å². The second-order valence-corrected chi connectivity index (χ2v) is 4.16. The highest BCUT2D eigenvalue weighted by Gasteiger charge is 2.26. The van der Waals surface area contributed by atoms with E-state index < -0.39 is 22.8 Å². The standard InChI is InChI=1S/C11H15N5O5/c1-21-6-4-7(10(12)8(5-6)16(19)20)11(18)9(17)2-3-14-15-13/h4-5,9,11,17-18H,2-3,12H2,1H3. The smallest absolute Gasteiger partial charge is 0.296 e. The number of nitrogens with two attached hydrogens (primary N) is 1. The molecule has 0 heterocycles. The van der Waals surface area contributed by atoms with Gasteiger partial charge < -0.3 is 20.7 Å². The second kappa shape index (κ2) is 7.29. The molecule has 1 rings (SSSR count). The highest BCUT2D eigenvalue weighted by Crippen LogP contribution is 2.35. The van der Waals surface area contributed by atoms with Gasteiger partial charge in [-0.25, -0.2) is 0 Å². The largest absolute Gasteiger partial charge is 0.496 e. The maximum absolute atomic E-state index is 10.9. The average Bonchev–Trinajstić information content (AvgIpc) is 2.46. The van der Waals surface area contributed by atoms with Gasteiger partial charge in [-0.05, 0) is 18.0 Å². The zero-order chi connectivity index (χ0) is 16.0. The fraction of sp³-hybridized carbons (Fsp3) is 0.455. The van der Waals surface area contributed by atoms with Gasteiger partial charge in [-0.1, -0.05) is 5.11 Å². The maximum atomic E-state index is 10.9. The SMILES string of the molecule is COc1cc(C(O)C(O)CCN=[N+]=[N-])c(N)c([N+](=O)[O-])c1. The van der Waals surface area contributed by atoms with Crippen molar-refractivity contribution in [2.75, 3.05) is 19.4 Å². The van der Waals surface area contributed by atoms with E-state index in [2.05, 4.69) is 10.0 Å².